The molecule has 1 heterocycles. The zero-order chi connectivity index (χ0) is 12.6. The fourth-order valence-electron chi connectivity index (χ4n) is 1.49. The van der Waals surface area contributed by atoms with Crippen LogP contribution in [0.25, 0.3) is 11.3 Å². The van der Waals surface area contributed by atoms with Crippen LogP contribution in [0, 0.1) is 11.6 Å². The van der Waals surface area contributed by atoms with Crippen LogP contribution in [0.2, 0.25) is 0 Å². The van der Waals surface area contributed by atoms with Crippen molar-refractivity contribution in [1.29, 1.82) is 0 Å². The number of benzene rings is 1. The summed E-state index contributed by atoms with van der Waals surface area (Å²) in [7, 11) is 1.42. The molecule has 2 rings (SSSR count). The summed E-state index contributed by atoms with van der Waals surface area (Å²) in [5.74, 6) is -2.44. The molecule has 0 amide bonds. The Morgan fingerprint density at radius 1 is 1.35 bits per heavy atom. The molecule has 0 bridgehead atoms. The number of carboxylic acids is 1. The van der Waals surface area contributed by atoms with Crippen molar-refractivity contribution in [2.24, 2.45) is 7.05 Å². The smallest absolute Gasteiger partial charge is 0.354 e. The van der Waals surface area contributed by atoms with E-state index in [2.05, 4.69) is 5.10 Å². The number of hydrogen-bond donors (Lipinski definition) is 1. The lowest BCUT2D eigenvalue weighted by atomic mass is 10.1. The third-order valence-electron chi connectivity index (χ3n) is 2.30. The molecule has 0 saturated heterocycles. The zero-order valence-corrected chi connectivity index (χ0v) is 8.82. The van der Waals surface area contributed by atoms with Crippen molar-refractivity contribution in [2.45, 2.75) is 0 Å². The average Bonchev–Trinajstić information content (AvgIpc) is 2.64. The van der Waals surface area contributed by atoms with Gasteiger partial charge in [0, 0.05) is 12.6 Å². The molecule has 0 aliphatic heterocycles. The van der Waals surface area contributed by atoms with E-state index < -0.39 is 17.6 Å². The van der Waals surface area contributed by atoms with Crippen LogP contribution in [0.5, 0.6) is 0 Å². The first-order valence-corrected chi connectivity index (χ1v) is 4.72. The fraction of sp³-hybridized carbons (Fsp3) is 0.0909. The quantitative estimate of drug-likeness (QED) is 0.871. The third-order valence-corrected chi connectivity index (χ3v) is 2.30. The van der Waals surface area contributed by atoms with Crippen molar-refractivity contribution in [3.8, 4) is 11.3 Å². The van der Waals surface area contributed by atoms with Gasteiger partial charge in [0.2, 0.25) is 0 Å². The highest BCUT2D eigenvalue weighted by Crippen LogP contribution is 2.23. The van der Waals surface area contributed by atoms with Gasteiger partial charge >= 0.3 is 5.97 Å². The number of rotatable bonds is 2. The molecule has 1 N–H and O–H groups in total. The van der Waals surface area contributed by atoms with E-state index in [0.717, 1.165) is 22.9 Å². The Kier molecular flexibility index (Phi) is 2.63. The summed E-state index contributed by atoms with van der Waals surface area (Å²) < 4.78 is 27.5. The van der Waals surface area contributed by atoms with Crippen molar-refractivity contribution in [1.82, 2.24) is 9.78 Å². The van der Waals surface area contributed by atoms with E-state index in [1.807, 2.05) is 0 Å². The van der Waals surface area contributed by atoms with Gasteiger partial charge in [-0.05, 0) is 24.3 Å². The molecule has 0 atom stereocenters. The zero-order valence-electron chi connectivity index (χ0n) is 8.82. The van der Waals surface area contributed by atoms with Crippen molar-refractivity contribution in [2.75, 3.05) is 0 Å². The molecule has 2 aromatic rings. The maximum atomic E-state index is 13.4. The van der Waals surface area contributed by atoms with Crippen LogP contribution in [0.4, 0.5) is 8.78 Å². The number of nitrogens with zero attached hydrogens (tertiary/aromatic N) is 2. The molecule has 0 aliphatic rings. The molecule has 1 aromatic heterocycles. The number of carboxylic acid groups (broad SMARTS) is 1. The lowest BCUT2D eigenvalue weighted by molar-refractivity contribution is 0.0685. The lowest BCUT2D eigenvalue weighted by Gasteiger charge is -1.98. The summed E-state index contributed by atoms with van der Waals surface area (Å²) in [6, 6.07) is 4.13. The predicted octanol–water partition coefficient (Wildman–Crippen LogP) is 2.06. The Balaban J connectivity index is 2.57. The predicted molar refractivity (Wildman–Crippen MR) is 55.5 cm³/mol. The van der Waals surface area contributed by atoms with Gasteiger partial charge in [0.1, 0.15) is 17.3 Å². The van der Waals surface area contributed by atoms with Crippen LogP contribution in [0.15, 0.2) is 24.3 Å². The Morgan fingerprint density at radius 3 is 2.65 bits per heavy atom. The molecular weight excluding hydrogens is 230 g/mol. The van der Waals surface area contributed by atoms with E-state index >= 15 is 0 Å². The average molecular weight is 238 g/mol. The summed E-state index contributed by atoms with van der Waals surface area (Å²) in [6.07, 6.45) is 0. The molecule has 0 fully saturated rings. The Bertz CT molecular complexity index is 593. The summed E-state index contributed by atoms with van der Waals surface area (Å²) in [5.41, 5.74) is -0.0707. The summed E-state index contributed by atoms with van der Waals surface area (Å²) in [4.78, 5) is 10.8. The molecule has 0 unspecified atom stereocenters. The minimum atomic E-state index is -1.18. The first-order valence-electron chi connectivity index (χ1n) is 4.72. The molecule has 0 radical (unpaired) electrons. The van der Waals surface area contributed by atoms with Gasteiger partial charge in [-0.15, -0.1) is 0 Å². The lowest BCUT2D eigenvalue weighted by Crippen LogP contribution is -2.04. The third kappa shape index (κ3) is 2.01. The van der Waals surface area contributed by atoms with Crippen molar-refractivity contribution in [3.05, 3.63) is 41.6 Å². The number of halogens is 2. The summed E-state index contributed by atoms with van der Waals surface area (Å²) in [5, 5.41) is 12.7. The van der Waals surface area contributed by atoms with Gasteiger partial charge in [0.05, 0.1) is 5.69 Å². The van der Waals surface area contributed by atoms with Crippen LogP contribution >= 0.6 is 0 Å². The molecule has 88 valence electrons. The second-order valence-electron chi connectivity index (χ2n) is 3.47. The number of carbonyl (C=O) groups is 1. The van der Waals surface area contributed by atoms with E-state index in [-0.39, 0.29) is 17.0 Å². The first-order chi connectivity index (χ1) is 7.99. The molecule has 4 nitrogen and oxygen atoms in total. The first kappa shape index (κ1) is 11.3. The Hall–Kier alpha value is -2.24. The highest BCUT2D eigenvalue weighted by atomic mass is 19.1. The number of hydrogen-bond acceptors (Lipinski definition) is 2. The van der Waals surface area contributed by atoms with Crippen molar-refractivity contribution >= 4 is 5.97 Å². The minimum absolute atomic E-state index is 0.0619. The van der Waals surface area contributed by atoms with Gasteiger partial charge in [-0.25, -0.2) is 13.6 Å². The van der Waals surface area contributed by atoms with Crippen LogP contribution in [0.1, 0.15) is 10.5 Å². The largest absolute Gasteiger partial charge is 0.477 e. The maximum Gasteiger partial charge on any atom is 0.354 e. The summed E-state index contributed by atoms with van der Waals surface area (Å²) >= 11 is 0. The molecule has 0 aliphatic carbocycles. The number of aromatic carboxylic acids is 1. The maximum absolute atomic E-state index is 13.4. The van der Waals surface area contributed by atoms with Gasteiger partial charge in [0.25, 0.3) is 0 Å². The highest BCUT2D eigenvalue weighted by molar-refractivity contribution is 5.87. The van der Waals surface area contributed by atoms with E-state index in [9.17, 15) is 13.6 Å². The Labute approximate surface area is 95.1 Å². The van der Waals surface area contributed by atoms with Gasteiger partial charge in [0.15, 0.2) is 0 Å². The standard InChI is InChI=1S/C11H8F2N2O2/c1-15-10(11(16)17)5-9(14-15)7-4-6(12)2-3-8(7)13/h2-5H,1H3,(H,16,17). The van der Waals surface area contributed by atoms with E-state index in [1.165, 1.54) is 13.1 Å². The SMILES string of the molecule is Cn1nc(-c2cc(F)ccc2F)cc1C(=O)O. The van der Waals surface area contributed by atoms with Gasteiger partial charge in [-0.1, -0.05) is 0 Å². The molecule has 1 aromatic carbocycles. The van der Waals surface area contributed by atoms with Crippen molar-refractivity contribution in [3.63, 3.8) is 0 Å². The van der Waals surface area contributed by atoms with Crippen LogP contribution in [-0.4, -0.2) is 20.9 Å². The van der Waals surface area contributed by atoms with Crippen LogP contribution in [0.3, 0.4) is 0 Å². The van der Waals surface area contributed by atoms with Crippen LogP contribution in [-0.2, 0) is 7.05 Å². The topological polar surface area (TPSA) is 55.1 Å². The monoisotopic (exact) mass is 238 g/mol. The Morgan fingerprint density at radius 2 is 2.06 bits per heavy atom. The van der Waals surface area contributed by atoms with Gasteiger partial charge in [-0.2, -0.15) is 5.10 Å². The second kappa shape index (κ2) is 3.97. The molecule has 6 heteroatoms. The van der Waals surface area contributed by atoms with E-state index in [4.69, 9.17) is 5.11 Å². The van der Waals surface area contributed by atoms with E-state index in [1.54, 1.807) is 0 Å². The summed E-state index contributed by atoms with van der Waals surface area (Å²) in [6.45, 7) is 0. The number of aromatic nitrogens is 2. The minimum Gasteiger partial charge on any atom is -0.477 e. The molecule has 0 saturated carbocycles. The molecule has 0 spiro atoms. The van der Waals surface area contributed by atoms with E-state index in [0.29, 0.717) is 0 Å². The van der Waals surface area contributed by atoms with Gasteiger partial charge in [-0.3, -0.25) is 4.68 Å². The normalized spacial score (nSPS) is 10.5. The second-order valence-corrected chi connectivity index (χ2v) is 3.47. The van der Waals surface area contributed by atoms with Crippen LogP contribution < -0.4 is 0 Å². The number of aryl methyl sites for hydroxylation is 1. The highest BCUT2D eigenvalue weighted by Gasteiger charge is 2.15. The molecule has 17 heavy (non-hydrogen) atoms. The fourth-order valence-corrected chi connectivity index (χ4v) is 1.49. The molecular formula is C11H8F2N2O2. The van der Waals surface area contributed by atoms with Crippen molar-refractivity contribution < 1.29 is 18.7 Å². The van der Waals surface area contributed by atoms with Gasteiger partial charge < -0.3 is 5.11 Å².